The van der Waals surface area contributed by atoms with Gasteiger partial charge in [0, 0.05) is 18.5 Å². The monoisotopic (exact) mass is 202 g/mol. The molecular formula is C11H10N2O2. The Morgan fingerprint density at radius 3 is 3.00 bits per heavy atom. The Labute approximate surface area is 86.8 Å². The first kappa shape index (κ1) is 9.45. The zero-order valence-electron chi connectivity index (χ0n) is 8.25. The fourth-order valence-corrected chi connectivity index (χ4v) is 1.17. The van der Waals surface area contributed by atoms with Crippen molar-refractivity contribution in [1.29, 1.82) is 0 Å². The molecule has 0 spiro atoms. The van der Waals surface area contributed by atoms with Crippen molar-refractivity contribution in [2.75, 3.05) is 0 Å². The summed E-state index contributed by atoms with van der Waals surface area (Å²) in [5.74, 6) is 1.28. The maximum Gasteiger partial charge on any atom is 0.270 e. The van der Waals surface area contributed by atoms with Gasteiger partial charge in [0.2, 0.25) is 0 Å². The number of aromatic nitrogens is 2. The van der Waals surface area contributed by atoms with E-state index in [-0.39, 0.29) is 5.91 Å². The molecular weight excluding hydrogens is 192 g/mol. The van der Waals surface area contributed by atoms with Gasteiger partial charge < -0.3 is 4.42 Å². The number of carbonyl (C=O) groups is 1. The van der Waals surface area contributed by atoms with E-state index >= 15 is 0 Å². The highest BCUT2D eigenvalue weighted by Gasteiger charge is 1.99. The van der Waals surface area contributed by atoms with E-state index in [0.29, 0.717) is 5.76 Å². The van der Waals surface area contributed by atoms with Gasteiger partial charge in [0.1, 0.15) is 11.5 Å². The first-order valence-corrected chi connectivity index (χ1v) is 4.54. The average Bonchev–Trinajstić information content (AvgIpc) is 2.84. The van der Waals surface area contributed by atoms with E-state index in [1.54, 1.807) is 24.5 Å². The smallest absolute Gasteiger partial charge is 0.270 e. The largest absolute Gasteiger partial charge is 0.462 e. The molecule has 0 fully saturated rings. The van der Waals surface area contributed by atoms with Crippen LogP contribution >= 0.6 is 0 Å². The number of rotatable bonds is 2. The van der Waals surface area contributed by atoms with Crippen LogP contribution < -0.4 is 0 Å². The molecule has 0 saturated carbocycles. The number of aryl methyl sites for hydroxylation is 1. The SMILES string of the molecule is Cc1ccc(/C=C/C(=O)n2cccn2)o1. The number of furan rings is 1. The Morgan fingerprint density at radius 2 is 2.40 bits per heavy atom. The summed E-state index contributed by atoms with van der Waals surface area (Å²) in [6.07, 6.45) is 6.20. The van der Waals surface area contributed by atoms with Crippen LogP contribution in [0.2, 0.25) is 0 Å². The van der Waals surface area contributed by atoms with Crippen LogP contribution in [-0.4, -0.2) is 15.7 Å². The van der Waals surface area contributed by atoms with Gasteiger partial charge in [-0.3, -0.25) is 4.79 Å². The van der Waals surface area contributed by atoms with Gasteiger partial charge in [-0.05, 0) is 31.2 Å². The molecule has 4 heteroatoms. The molecule has 0 atom stereocenters. The lowest BCUT2D eigenvalue weighted by Crippen LogP contribution is -2.06. The summed E-state index contributed by atoms with van der Waals surface area (Å²) in [5.41, 5.74) is 0. The second-order valence-electron chi connectivity index (χ2n) is 3.07. The summed E-state index contributed by atoms with van der Waals surface area (Å²) in [7, 11) is 0. The number of allylic oxidation sites excluding steroid dienone is 1. The molecule has 0 aliphatic heterocycles. The normalized spacial score (nSPS) is 11.0. The predicted octanol–water partition coefficient (Wildman–Crippen LogP) is 2.14. The quantitative estimate of drug-likeness (QED) is 0.701. The van der Waals surface area contributed by atoms with Crippen LogP contribution in [0.25, 0.3) is 6.08 Å². The maximum atomic E-state index is 11.5. The van der Waals surface area contributed by atoms with Crippen molar-refractivity contribution in [3.8, 4) is 0 Å². The molecule has 0 aliphatic rings. The third-order valence-electron chi connectivity index (χ3n) is 1.88. The summed E-state index contributed by atoms with van der Waals surface area (Å²) < 4.78 is 6.54. The lowest BCUT2D eigenvalue weighted by molar-refractivity contribution is 0.0955. The van der Waals surface area contributed by atoms with Crippen LogP contribution in [0.4, 0.5) is 0 Å². The number of hydrogen-bond donors (Lipinski definition) is 0. The van der Waals surface area contributed by atoms with Crippen LogP contribution in [0, 0.1) is 6.92 Å². The van der Waals surface area contributed by atoms with E-state index < -0.39 is 0 Å². The molecule has 2 heterocycles. The molecule has 0 radical (unpaired) electrons. The molecule has 2 aromatic heterocycles. The van der Waals surface area contributed by atoms with Crippen LogP contribution in [0.15, 0.2) is 41.1 Å². The minimum atomic E-state index is -0.200. The van der Waals surface area contributed by atoms with Crippen LogP contribution in [0.3, 0.4) is 0 Å². The zero-order chi connectivity index (χ0) is 10.7. The highest BCUT2D eigenvalue weighted by atomic mass is 16.3. The molecule has 0 saturated heterocycles. The van der Waals surface area contributed by atoms with Gasteiger partial charge in [0.05, 0.1) is 0 Å². The van der Waals surface area contributed by atoms with E-state index in [0.717, 1.165) is 5.76 Å². The third kappa shape index (κ3) is 2.22. The van der Waals surface area contributed by atoms with Crippen molar-refractivity contribution in [3.05, 3.63) is 48.2 Å². The van der Waals surface area contributed by atoms with Gasteiger partial charge in [0.15, 0.2) is 0 Å². The fourth-order valence-electron chi connectivity index (χ4n) is 1.17. The molecule has 0 N–H and O–H groups in total. The number of hydrogen-bond acceptors (Lipinski definition) is 3. The van der Waals surface area contributed by atoms with Gasteiger partial charge in [-0.15, -0.1) is 0 Å². The van der Waals surface area contributed by atoms with Crippen molar-refractivity contribution < 1.29 is 9.21 Å². The van der Waals surface area contributed by atoms with E-state index in [1.807, 2.05) is 19.1 Å². The van der Waals surface area contributed by atoms with Crippen molar-refractivity contribution in [2.45, 2.75) is 6.92 Å². The van der Waals surface area contributed by atoms with Crippen molar-refractivity contribution in [2.24, 2.45) is 0 Å². The molecule has 0 unspecified atom stereocenters. The average molecular weight is 202 g/mol. The summed E-state index contributed by atoms with van der Waals surface area (Å²) in [6, 6.07) is 5.35. The molecule has 2 rings (SSSR count). The van der Waals surface area contributed by atoms with Crippen LogP contribution in [0.1, 0.15) is 16.3 Å². The Hall–Kier alpha value is -2.10. The fraction of sp³-hybridized carbons (Fsp3) is 0.0909. The van der Waals surface area contributed by atoms with Crippen LogP contribution in [-0.2, 0) is 0 Å². The zero-order valence-corrected chi connectivity index (χ0v) is 8.25. The third-order valence-corrected chi connectivity index (χ3v) is 1.88. The lowest BCUT2D eigenvalue weighted by Gasteiger charge is -1.91. The molecule has 0 aromatic carbocycles. The molecule has 0 aliphatic carbocycles. The second kappa shape index (κ2) is 3.96. The van der Waals surface area contributed by atoms with Gasteiger partial charge in [-0.2, -0.15) is 5.10 Å². The van der Waals surface area contributed by atoms with Gasteiger partial charge >= 0.3 is 0 Å². The molecule has 0 amide bonds. The molecule has 2 aromatic rings. The van der Waals surface area contributed by atoms with Crippen molar-refractivity contribution in [1.82, 2.24) is 9.78 Å². The Kier molecular flexibility index (Phi) is 2.49. The molecule has 76 valence electrons. The second-order valence-corrected chi connectivity index (χ2v) is 3.07. The van der Waals surface area contributed by atoms with E-state index in [4.69, 9.17) is 4.42 Å². The number of nitrogens with zero attached hydrogens (tertiary/aromatic N) is 2. The van der Waals surface area contributed by atoms with E-state index in [2.05, 4.69) is 5.10 Å². The van der Waals surface area contributed by atoms with Crippen LogP contribution in [0.5, 0.6) is 0 Å². The molecule has 15 heavy (non-hydrogen) atoms. The summed E-state index contributed by atoms with van der Waals surface area (Å²) >= 11 is 0. The lowest BCUT2D eigenvalue weighted by atomic mass is 10.4. The summed E-state index contributed by atoms with van der Waals surface area (Å²) in [5, 5.41) is 3.82. The molecule has 4 nitrogen and oxygen atoms in total. The van der Waals surface area contributed by atoms with E-state index in [9.17, 15) is 4.79 Å². The first-order valence-electron chi connectivity index (χ1n) is 4.54. The minimum Gasteiger partial charge on any atom is -0.462 e. The highest BCUT2D eigenvalue weighted by Crippen LogP contribution is 2.07. The van der Waals surface area contributed by atoms with Crippen molar-refractivity contribution in [3.63, 3.8) is 0 Å². The molecule has 0 bridgehead atoms. The topological polar surface area (TPSA) is 48.0 Å². The van der Waals surface area contributed by atoms with Gasteiger partial charge in [-0.25, -0.2) is 4.68 Å². The number of carbonyl (C=O) groups excluding carboxylic acids is 1. The Bertz CT molecular complexity index is 480. The first-order chi connectivity index (χ1) is 7.25. The summed E-state index contributed by atoms with van der Waals surface area (Å²) in [6.45, 7) is 1.85. The van der Waals surface area contributed by atoms with Crippen molar-refractivity contribution >= 4 is 12.0 Å². The van der Waals surface area contributed by atoms with E-state index in [1.165, 1.54) is 10.8 Å². The highest BCUT2D eigenvalue weighted by molar-refractivity contribution is 5.92. The Morgan fingerprint density at radius 1 is 1.53 bits per heavy atom. The van der Waals surface area contributed by atoms with Gasteiger partial charge in [-0.1, -0.05) is 0 Å². The predicted molar refractivity (Wildman–Crippen MR) is 55.3 cm³/mol. The van der Waals surface area contributed by atoms with Gasteiger partial charge in [0.25, 0.3) is 5.91 Å². The summed E-state index contributed by atoms with van der Waals surface area (Å²) in [4.78, 5) is 11.5. The Balaban J connectivity index is 2.09. The minimum absolute atomic E-state index is 0.200. The maximum absolute atomic E-state index is 11.5. The standard InChI is InChI=1S/C11H10N2O2/c1-9-3-4-10(15-9)5-6-11(14)13-8-2-7-12-13/h2-8H,1H3/b6-5+.